The van der Waals surface area contributed by atoms with Gasteiger partial charge in [-0.3, -0.25) is 4.79 Å². The van der Waals surface area contributed by atoms with Gasteiger partial charge in [-0.25, -0.2) is 0 Å². The number of benzene rings is 1. The zero-order valence-electron chi connectivity index (χ0n) is 10.5. The normalized spacial score (nSPS) is 13.7. The second-order valence-corrected chi connectivity index (χ2v) is 4.24. The fourth-order valence-electron chi connectivity index (χ4n) is 2.24. The van der Waals surface area contributed by atoms with Crippen molar-refractivity contribution in [3.8, 4) is 0 Å². The van der Waals surface area contributed by atoms with Gasteiger partial charge in [0.1, 0.15) is 0 Å². The van der Waals surface area contributed by atoms with Gasteiger partial charge in [-0.15, -0.1) is 12.4 Å². The first-order valence-electron chi connectivity index (χ1n) is 5.90. The van der Waals surface area contributed by atoms with Crippen molar-refractivity contribution in [2.45, 2.75) is 19.3 Å². The van der Waals surface area contributed by atoms with Crippen LogP contribution in [0, 0.1) is 0 Å². The second kappa shape index (κ2) is 6.61. The van der Waals surface area contributed by atoms with E-state index in [0.29, 0.717) is 13.0 Å². The first-order valence-corrected chi connectivity index (χ1v) is 5.90. The summed E-state index contributed by atoms with van der Waals surface area (Å²) in [7, 11) is 1.61. The maximum atomic E-state index is 12.0. The summed E-state index contributed by atoms with van der Waals surface area (Å²) in [6.45, 7) is 1.24. The van der Waals surface area contributed by atoms with E-state index in [1.54, 1.807) is 7.11 Å². The summed E-state index contributed by atoms with van der Waals surface area (Å²) >= 11 is 0. The smallest absolute Gasteiger partial charge is 0.229 e. The molecule has 0 spiro atoms. The van der Waals surface area contributed by atoms with Crippen LogP contribution in [0.4, 0.5) is 11.4 Å². The van der Waals surface area contributed by atoms with E-state index in [-0.39, 0.29) is 18.3 Å². The molecule has 5 heteroatoms. The highest BCUT2D eigenvalue weighted by atomic mass is 35.5. The Kier molecular flexibility index (Phi) is 5.44. The van der Waals surface area contributed by atoms with Crippen LogP contribution in [-0.4, -0.2) is 26.2 Å². The Morgan fingerprint density at radius 2 is 2.28 bits per heavy atom. The Balaban J connectivity index is 0.00000162. The number of carbonyl (C=O) groups excluding carboxylic acids is 1. The summed E-state index contributed by atoms with van der Waals surface area (Å²) in [6.07, 6.45) is 2.35. The average molecular weight is 271 g/mol. The third kappa shape index (κ3) is 2.94. The van der Waals surface area contributed by atoms with E-state index in [0.717, 1.165) is 36.3 Å². The van der Waals surface area contributed by atoms with Crippen LogP contribution in [0.3, 0.4) is 0 Å². The molecule has 2 N–H and O–H groups in total. The Hall–Kier alpha value is -1.26. The van der Waals surface area contributed by atoms with Gasteiger partial charge in [-0.2, -0.15) is 0 Å². The molecule has 1 heterocycles. The first kappa shape index (κ1) is 14.8. The summed E-state index contributed by atoms with van der Waals surface area (Å²) in [5.41, 5.74) is 8.80. The Bertz CT molecular complexity index is 423. The number of ether oxygens (including phenoxy) is 1. The van der Waals surface area contributed by atoms with Crippen LogP contribution < -0.4 is 10.6 Å². The number of rotatable bonds is 3. The van der Waals surface area contributed by atoms with E-state index >= 15 is 0 Å². The minimum atomic E-state index is 0. The molecule has 18 heavy (non-hydrogen) atoms. The van der Waals surface area contributed by atoms with Crippen LogP contribution >= 0.6 is 12.4 Å². The van der Waals surface area contributed by atoms with Crippen molar-refractivity contribution in [2.24, 2.45) is 0 Å². The first-order chi connectivity index (χ1) is 8.24. The molecule has 0 saturated carbocycles. The number of fused-ring (bicyclic) bond motifs is 1. The fraction of sp³-hybridized carbons (Fsp3) is 0.462. The molecule has 0 bridgehead atoms. The van der Waals surface area contributed by atoms with Crippen LogP contribution in [-0.2, 0) is 16.0 Å². The zero-order valence-corrected chi connectivity index (χ0v) is 11.3. The highest BCUT2D eigenvalue weighted by molar-refractivity contribution is 5.95. The number of anilines is 2. The molecule has 1 aromatic carbocycles. The molecule has 0 atom stereocenters. The van der Waals surface area contributed by atoms with Crippen molar-refractivity contribution < 1.29 is 9.53 Å². The summed E-state index contributed by atoms with van der Waals surface area (Å²) in [4.78, 5) is 13.9. The fourth-order valence-corrected chi connectivity index (χ4v) is 2.24. The van der Waals surface area contributed by atoms with Gasteiger partial charge < -0.3 is 15.4 Å². The van der Waals surface area contributed by atoms with Crippen LogP contribution in [0.15, 0.2) is 18.2 Å². The molecule has 1 aliphatic heterocycles. The maximum Gasteiger partial charge on any atom is 0.229 e. The second-order valence-electron chi connectivity index (χ2n) is 4.24. The SMILES string of the molecule is COCCC(=O)N1CCCc2c(N)cccc21.Cl. The maximum absolute atomic E-state index is 12.0. The van der Waals surface area contributed by atoms with Crippen molar-refractivity contribution >= 4 is 29.7 Å². The van der Waals surface area contributed by atoms with Gasteiger partial charge in [0.15, 0.2) is 0 Å². The van der Waals surface area contributed by atoms with E-state index in [2.05, 4.69) is 0 Å². The van der Waals surface area contributed by atoms with Crippen LogP contribution in [0.25, 0.3) is 0 Å². The van der Waals surface area contributed by atoms with Gasteiger partial charge in [0, 0.05) is 25.0 Å². The molecule has 0 fully saturated rings. The number of carbonyl (C=O) groups is 1. The third-order valence-electron chi connectivity index (χ3n) is 3.11. The van der Waals surface area contributed by atoms with Gasteiger partial charge in [0.05, 0.1) is 13.0 Å². The minimum absolute atomic E-state index is 0. The Morgan fingerprint density at radius 3 is 3.00 bits per heavy atom. The number of halogens is 1. The lowest BCUT2D eigenvalue weighted by atomic mass is 9.99. The van der Waals surface area contributed by atoms with Gasteiger partial charge in [-0.05, 0) is 30.5 Å². The highest BCUT2D eigenvalue weighted by Crippen LogP contribution is 2.31. The lowest BCUT2D eigenvalue weighted by molar-refractivity contribution is -0.119. The minimum Gasteiger partial charge on any atom is -0.398 e. The Morgan fingerprint density at radius 1 is 1.50 bits per heavy atom. The van der Waals surface area contributed by atoms with Gasteiger partial charge in [0.25, 0.3) is 0 Å². The molecule has 0 radical (unpaired) electrons. The molecule has 1 aliphatic rings. The van der Waals surface area contributed by atoms with Crippen molar-refractivity contribution in [3.05, 3.63) is 23.8 Å². The number of hydrogen-bond donors (Lipinski definition) is 1. The number of nitrogen functional groups attached to an aromatic ring is 1. The molecule has 1 aromatic rings. The van der Waals surface area contributed by atoms with E-state index in [1.165, 1.54) is 0 Å². The average Bonchev–Trinajstić information content (AvgIpc) is 2.36. The van der Waals surface area contributed by atoms with Crippen LogP contribution in [0.2, 0.25) is 0 Å². The predicted molar refractivity (Wildman–Crippen MR) is 75.3 cm³/mol. The van der Waals surface area contributed by atoms with Gasteiger partial charge in [-0.1, -0.05) is 6.07 Å². The summed E-state index contributed by atoms with van der Waals surface area (Å²) in [5.74, 6) is 0.110. The lowest BCUT2D eigenvalue weighted by Crippen LogP contribution is -2.36. The molecule has 4 nitrogen and oxygen atoms in total. The molecule has 1 amide bonds. The molecule has 0 saturated heterocycles. The topological polar surface area (TPSA) is 55.6 Å². The summed E-state index contributed by atoms with van der Waals surface area (Å²) in [5, 5.41) is 0. The highest BCUT2D eigenvalue weighted by Gasteiger charge is 2.23. The van der Waals surface area contributed by atoms with Crippen molar-refractivity contribution in [3.63, 3.8) is 0 Å². The number of amides is 1. The van der Waals surface area contributed by atoms with Crippen molar-refractivity contribution in [1.29, 1.82) is 0 Å². The molecular formula is C13H19ClN2O2. The summed E-state index contributed by atoms with van der Waals surface area (Å²) in [6, 6.07) is 5.76. The van der Waals surface area contributed by atoms with Crippen molar-refractivity contribution in [1.82, 2.24) is 0 Å². The molecule has 100 valence electrons. The Labute approximate surface area is 114 Å². The number of nitrogens with two attached hydrogens (primary N) is 1. The summed E-state index contributed by atoms with van der Waals surface area (Å²) < 4.78 is 4.94. The number of methoxy groups -OCH3 is 1. The monoisotopic (exact) mass is 270 g/mol. The van der Waals surface area contributed by atoms with Crippen LogP contribution in [0.5, 0.6) is 0 Å². The van der Waals surface area contributed by atoms with Crippen LogP contribution in [0.1, 0.15) is 18.4 Å². The number of hydrogen-bond acceptors (Lipinski definition) is 3. The largest absolute Gasteiger partial charge is 0.398 e. The zero-order chi connectivity index (χ0) is 12.3. The van der Waals surface area contributed by atoms with Crippen molar-refractivity contribution in [2.75, 3.05) is 30.9 Å². The quantitative estimate of drug-likeness (QED) is 0.855. The predicted octanol–water partition coefficient (Wildman–Crippen LogP) is 2.01. The molecular weight excluding hydrogens is 252 g/mol. The molecule has 2 rings (SSSR count). The van der Waals surface area contributed by atoms with Gasteiger partial charge >= 0.3 is 0 Å². The van der Waals surface area contributed by atoms with E-state index in [9.17, 15) is 4.79 Å². The molecule has 0 aliphatic carbocycles. The van der Waals surface area contributed by atoms with E-state index < -0.39 is 0 Å². The lowest BCUT2D eigenvalue weighted by Gasteiger charge is -2.30. The third-order valence-corrected chi connectivity index (χ3v) is 3.11. The van der Waals surface area contributed by atoms with E-state index in [1.807, 2.05) is 23.1 Å². The molecule has 0 unspecified atom stereocenters. The van der Waals surface area contributed by atoms with E-state index in [4.69, 9.17) is 10.5 Å². The molecule has 0 aromatic heterocycles. The van der Waals surface area contributed by atoms with Gasteiger partial charge in [0.2, 0.25) is 5.91 Å². The standard InChI is InChI=1S/C13H18N2O2.ClH/c1-17-9-7-13(16)15-8-3-4-10-11(14)5-2-6-12(10)15;/h2,5-6H,3-4,7-9,14H2,1H3;1H. The number of nitrogens with zero attached hydrogens (tertiary/aromatic N) is 1.